The van der Waals surface area contributed by atoms with Crippen LogP contribution in [0, 0.1) is 10.1 Å². The van der Waals surface area contributed by atoms with E-state index in [0.717, 1.165) is 5.56 Å². The maximum atomic E-state index is 13.3. The summed E-state index contributed by atoms with van der Waals surface area (Å²) in [7, 11) is 1.21. The van der Waals surface area contributed by atoms with E-state index in [2.05, 4.69) is 16.0 Å². The quantitative estimate of drug-likeness (QED) is 0.0789. The van der Waals surface area contributed by atoms with Crippen molar-refractivity contribution in [3.05, 3.63) is 92.3 Å². The fourth-order valence-corrected chi connectivity index (χ4v) is 5.00. The van der Waals surface area contributed by atoms with Gasteiger partial charge in [0.25, 0.3) is 5.69 Å². The summed E-state index contributed by atoms with van der Waals surface area (Å²) >= 11 is 0. The molecule has 1 aliphatic heterocycles. The van der Waals surface area contributed by atoms with Crippen LogP contribution in [0.1, 0.15) is 44.7 Å². The summed E-state index contributed by atoms with van der Waals surface area (Å²) in [4.78, 5) is 49.7. The van der Waals surface area contributed by atoms with Crippen molar-refractivity contribution >= 4 is 23.5 Å². The molecule has 2 aromatic rings. The summed E-state index contributed by atoms with van der Waals surface area (Å²) < 4.78 is 21.7. The van der Waals surface area contributed by atoms with Crippen LogP contribution in [0.25, 0.3) is 0 Å². The lowest BCUT2D eigenvalue weighted by Crippen LogP contribution is -2.35. The number of nitrogens with one attached hydrogen (secondary N) is 3. The Labute approximate surface area is 279 Å². The van der Waals surface area contributed by atoms with Gasteiger partial charge in [0.2, 0.25) is 5.91 Å². The summed E-state index contributed by atoms with van der Waals surface area (Å²) in [5.41, 5.74) is 1.75. The second kappa shape index (κ2) is 18.5. The van der Waals surface area contributed by atoms with Crippen LogP contribution in [0.2, 0.25) is 0 Å². The summed E-state index contributed by atoms with van der Waals surface area (Å²) in [5.74, 6) is -2.10. The van der Waals surface area contributed by atoms with Crippen molar-refractivity contribution in [2.45, 2.75) is 52.2 Å². The number of aliphatic hydroxyl groups is 1. The van der Waals surface area contributed by atoms with Crippen molar-refractivity contribution in [3.8, 4) is 5.75 Å². The number of carbonyl (C=O) groups is 3. The van der Waals surface area contributed by atoms with Crippen LogP contribution in [0.5, 0.6) is 5.75 Å². The second-order valence-electron chi connectivity index (χ2n) is 11.3. The Morgan fingerprint density at radius 1 is 1.08 bits per heavy atom. The van der Waals surface area contributed by atoms with Crippen LogP contribution in [-0.4, -0.2) is 86.6 Å². The van der Waals surface area contributed by atoms with Crippen molar-refractivity contribution in [3.63, 3.8) is 0 Å². The average molecular weight is 669 g/mol. The first-order valence-electron chi connectivity index (χ1n) is 15.6. The van der Waals surface area contributed by atoms with Crippen LogP contribution in [0.15, 0.2) is 71.1 Å². The van der Waals surface area contributed by atoms with Gasteiger partial charge in [-0.25, -0.2) is 9.59 Å². The van der Waals surface area contributed by atoms with Crippen LogP contribution in [0.3, 0.4) is 0 Å². The Hall–Kier alpha value is -4.79. The molecule has 14 nitrogen and oxygen atoms in total. The molecule has 2 aromatic carbocycles. The molecule has 260 valence electrons. The average Bonchev–Trinajstić information content (AvgIpc) is 3.06. The molecule has 0 saturated carbocycles. The number of aliphatic hydroxyl groups excluding tert-OH is 1. The molecule has 0 radical (unpaired) electrons. The van der Waals surface area contributed by atoms with Gasteiger partial charge in [0.05, 0.1) is 61.0 Å². The highest BCUT2D eigenvalue weighted by Crippen LogP contribution is 2.40. The molecule has 1 amide bonds. The minimum Gasteiger partial charge on any atom is -0.491 e. The van der Waals surface area contributed by atoms with Crippen molar-refractivity contribution < 1.29 is 43.4 Å². The number of nitrogens with zero attached hydrogens (tertiary/aromatic N) is 1. The molecule has 4 N–H and O–H groups in total. The smallest absolute Gasteiger partial charge is 0.336 e. The molecule has 0 aromatic heterocycles. The highest BCUT2D eigenvalue weighted by atomic mass is 16.6. The van der Waals surface area contributed by atoms with E-state index in [4.69, 9.17) is 18.9 Å². The number of hydrogen-bond acceptors (Lipinski definition) is 12. The molecule has 0 spiro atoms. The van der Waals surface area contributed by atoms with Crippen molar-refractivity contribution in [1.29, 1.82) is 0 Å². The summed E-state index contributed by atoms with van der Waals surface area (Å²) in [6.45, 7) is 8.05. The van der Waals surface area contributed by atoms with Gasteiger partial charge in [0.15, 0.2) is 0 Å². The topological polar surface area (TPSA) is 188 Å². The first kappa shape index (κ1) is 37.7. The van der Waals surface area contributed by atoms with Gasteiger partial charge in [-0.3, -0.25) is 14.9 Å². The Morgan fingerprint density at radius 3 is 2.46 bits per heavy atom. The Morgan fingerprint density at radius 2 is 1.81 bits per heavy atom. The number of methoxy groups -OCH3 is 1. The largest absolute Gasteiger partial charge is 0.491 e. The zero-order valence-corrected chi connectivity index (χ0v) is 27.9. The molecule has 0 saturated heterocycles. The standard InChI is InChI=1S/C34H44N4O10/c1-6-47-34(42)32-28(37-22(4)30(33(41)45-5)31(32)24-8-7-9-25(17-24)38(43)44)20-46-15-14-35-29(40)16-23-10-12-27(13-11-23)48-19-26(39)18-36-21(2)3/h7-13,17,21,26,31,36-37,39H,6,14-16,18-20H2,1-5H3,(H,35,40). The van der Waals surface area contributed by atoms with Crippen molar-refractivity contribution in [1.82, 2.24) is 16.0 Å². The molecular formula is C34H44N4O10. The maximum Gasteiger partial charge on any atom is 0.336 e. The number of allylic oxidation sites excluding steroid dienone is 1. The normalized spacial score (nSPS) is 15.1. The van der Waals surface area contributed by atoms with E-state index in [1.54, 1.807) is 44.2 Å². The minimum absolute atomic E-state index is 0.0510. The lowest BCUT2D eigenvalue weighted by Gasteiger charge is -2.31. The Kier molecular flexibility index (Phi) is 14.5. The third-order valence-electron chi connectivity index (χ3n) is 7.27. The van der Waals surface area contributed by atoms with E-state index in [0.29, 0.717) is 29.3 Å². The van der Waals surface area contributed by atoms with Crippen LogP contribution >= 0.6 is 0 Å². The molecule has 2 atom stereocenters. The lowest BCUT2D eigenvalue weighted by molar-refractivity contribution is -0.384. The number of amides is 1. The number of nitro groups is 1. The fraction of sp³-hybridized carbons (Fsp3) is 0.441. The van der Waals surface area contributed by atoms with E-state index in [1.807, 2.05) is 13.8 Å². The van der Waals surface area contributed by atoms with Gasteiger partial charge in [-0.15, -0.1) is 0 Å². The number of benzene rings is 2. The third-order valence-corrected chi connectivity index (χ3v) is 7.27. The predicted octanol–water partition coefficient (Wildman–Crippen LogP) is 2.66. The van der Waals surface area contributed by atoms with E-state index in [-0.39, 0.29) is 68.2 Å². The summed E-state index contributed by atoms with van der Waals surface area (Å²) in [6, 6.07) is 13.0. The molecule has 14 heteroatoms. The van der Waals surface area contributed by atoms with Gasteiger partial charge < -0.3 is 40.0 Å². The first-order chi connectivity index (χ1) is 22.9. The van der Waals surface area contributed by atoms with Crippen LogP contribution < -0.4 is 20.7 Å². The van der Waals surface area contributed by atoms with E-state index < -0.39 is 28.9 Å². The van der Waals surface area contributed by atoms with Gasteiger partial charge in [0, 0.05) is 37.0 Å². The molecule has 0 aliphatic carbocycles. The zero-order valence-electron chi connectivity index (χ0n) is 27.9. The highest BCUT2D eigenvalue weighted by molar-refractivity contribution is 6.00. The van der Waals surface area contributed by atoms with Gasteiger partial charge >= 0.3 is 11.9 Å². The van der Waals surface area contributed by atoms with Gasteiger partial charge in [-0.05, 0) is 37.1 Å². The molecule has 0 bridgehead atoms. The number of esters is 2. The van der Waals surface area contributed by atoms with Gasteiger partial charge in [-0.1, -0.05) is 38.1 Å². The lowest BCUT2D eigenvalue weighted by atomic mass is 9.80. The maximum absolute atomic E-state index is 13.3. The van der Waals surface area contributed by atoms with E-state index >= 15 is 0 Å². The SMILES string of the molecule is CCOC(=O)C1=C(COCCNC(=O)Cc2ccc(OCC(O)CNC(C)C)cc2)NC(C)=C(C(=O)OC)C1c1cccc([N+](=O)[O-])c1. The van der Waals surface area contributed by atoms with Crippen LogP contribution in [0.4, 0.5) is 5.69 Å². The van der Waals surface area contributed by atoms with E-state index in [9.17, 15) is 29.6 Å². The van der Waals surface area contributed by atoms with Gasteiger partial charge in [-0.2, -0.15) is 0 Å². The monoisotopic (exact) mass is 668 g/mol. The van der Waals surface area contributed by atoms with Gasteiger partial charge in [0.1, 0.15) is 18.5 Å². The molecule has 3 rings (SSSR count). The second-order valence-corrected chi connectivity index (χ2v) is 11.3. The molecule has 2 unspecified atom stereocenters. The number of dihydropyridines is 1. The molecular weight excluding hydrogens is 624 g/mol. The molecule has 48 heavy (non-hydrogen) atoms. The molecule has 0 fully saturated rings. The highest BCUT2D eigenvalue weighted by Gasteiger charge is 2.39. The third kappa shape index (κ3) is 10.9. The number of hydrogen-bond donors (Lipinski definition) is 4. The van der Waals surface area contributed by atoms with E-state index in [1.165, 1.54) is 25.3 Å². The Bertz CT molecular complexity index is 1500. The number of ether oxygens (including phenoxy) is 4. The van der Waals surface area contributed by atoms with Crippen LogP contribution in [-0.2, 0) is 35.0 Å². The minimum atomic E-state index is -1.03. The first-order valence-corrected chi connectivity index (χ1v) is 15.6. The number of non-ortho nitro benzene ring substituents is 1. The number of nitro benzene ring substituents is 1. The molecule has 1 aliphatic rings. The number of rotatable bonds is 18. The predicted molar refractivity (Wildman–Crippen MR) is 176 cm³/mol. The fourth-order valence-electron chi connectivity index (χ4n) is 5.00. The van der Waals surface area contributed by atoms with Crippen molar-refractivity contribution in [2.24, 2.45) is 0 Å². The summed E-state index contributed by atoms with van der Waals surface area (Å²) in [5, 5.41) is 30.5. The number of carbonyl (C=O) groups excluding carboxylic acids is 3. The molecule has 1 heterocycles. The Balaban J connectivity index is 1.63. The zero-order chi connectivity index (χ0) is 35.2. The summed E-state index contributed by atoms with van der Waals surface area (Å²) in [6.07, 6.45) is -0.513. The van der Waals surface area contributed by atoms with Crippen molar-refractivity contribution in [2.75, 3.05) is 46.6 Å².